The van der Waals surface area contributed by atoms with Gasteiger partial charge in [-0.3, -0.25) is 9.78 Å². The molecule has 0 radical (unpaired) electrons. The van der Waals surface area contributed by atoms with E-state index in [1.165, 1.54) is 0 Å². The Hall–Kier alpha value is -3.26. The predicted octanol–water partition coefficient (Wildman–Crippen LogP) is 3.28. The molecule has 0 bridgehead atoms. The van der Waals surface area contributed by atoms with Crippen LogP contribution in [0.15, 0.2) is 35.3 Å². The Bertz CT molecular complexity index is 1350. The fourth-order valence-electron chi connectivity index (χ4n) is 4.90. The van der Waals surface area contributed by atoms with Crippen LogP contribution in [0.3, 0.4) is 0 Å². The number of aryl methyl sites for hydroxylation is 1. The van der Waals surface area contributed by atoms with Crippen LogP contribution in [0.25, 0.3) is 21.9 Å². The number of hydrogen-bond donors (Lipinski definition) is 2. The highest BCUT2D eigenvalue weighted by molar-refractivity contribution is 5.81. The molecule has 1 aliphatic rings. The van der Waals surface area contributed by atoms with Gasteiger partial charge >= 0.3 is 0 Å². The van der Waals surface area contributed by atoms with Crippen molar-refractivity contribution in [1.29, 1.82) is 0 Å². The lowest BCUT2D eigenvalue weighted by atomic mass is 9.95. The third-order valence-electron chi connectivity index (χ3n) is 6.27. The lowest BCUT2D eigenvalue weighted by molar-refractivity contribution is 0.253. The summed E-state index contributed by atoms with van der Waals surface area (Å²) in [5.41, 5.74) is 3.12. The average molecular weight is 433 g/mol. The van der Waals surface area contributed by atoms with Crippen molar-refractivity contribution in [3.63, 3.8) is 0 Å². The van der Waals surface area contributed by atoms with Crippen LogP contribution in [0.1, 0.15) is 49.8 Å². The van der Waals surface area contributed by atoms with Crippen LogP contribution < -0.4 is 15.6 Å². The minimum Gasteiger partial charge on any atom is -0.497 e. The fraction of sp³-hybridized carbons (Fsp3) is 0.417. The minimum absolute atomic E-state index is 0.140. The van der Waals surface area contributed by atoms with Gasteiger partial charge in [-0.1, -0.05) is 0 Å². The van der Waals surface area contributed by atoms with Gasteiger partial charge in [-0.25, -0.2) is 9.67 Å². The van der Waals surface area contributed by atoms with Gasteiger partial charge in [0, 0.05) is 30.1 Å². The van der Waals surface area contributed by atoms with E-state index in [0.29, 0.717) is 35.4 Å². The van der Waals surface area contributed by atoms with Gasteiger partial charge < -0.3 is 15.0 Å². The number of ether oxygens (including phenoxy) is 1. The number of rotatable bonds is 4. The van der Waals surface area contributed by atoms with Gasteiger partial charge in [0.2, 0.25) is 0 Å². The van der Waals surface area contributed by atoms with Gasteiger partial charge in [0.25, 0.3) is 5.56 Å². The van der Waals surface area contributed by atoms with E-state index in [-0.39, 0.29) is 11.6 Å². The smallest absolute Gasteiger partial charge is 0.262 e. The molecule has 0 spiro atoms. The summed E-state index contributed by atoms with van der Waals surface area (Å²) in [4.78, 5) is 25.3. The zero-order valence-corrected chi connectivity index (χ0v) is 18.8. The topological polar surface area (TPSA) is 97.7 Å². The number of aromatic amines is 1. The molecule has 0 saturated carbocycles. The van der Waals surface area contributed by atoms with E-state index in [4.69, 9.17) is 14.8 Å². The molecular weight excluding hydrogens is 404 g/mol. The van der Waals surface area contributed by atoms with Gasteiger partial charge in [-0.15, -0.1) is 0 Å². The first-order valence-corrected chi connectivity index (χ1v) is 11.1. The molecule has 8 heteroatoms. The molecule has 0 aliphatic carbocycles. The van der Waals surface area contributed by atoms with Gasteiger partial charge in [0.15, 0.2) is 5.65 Å². The summed E-state index contributed by atoms with van der Waals surface area (Å²) >= 11 is 0. The summed E-state index contributed by atoms with van der Waals surface area (Å²) in [6.45, 7) is 6.26. The number of pyridine rings is 1. The first-order valence-electron chi connectivity index (χ1n) is 11.1. The van der Waals surface area contributed by atoms with Crippen LogP contribution in [0, 0.1) is 6.92 Å². The zero-order valence-electron chi connectivity index (χ0n) is 18.8. The quantitative estimate of drug-likeness (QED) is 0.514. The van der Waals surface area contributed by atoms with E-state index in [2.05, 4.69) is 35.2 Å². The van der Waals surface area contributed by atoms with Gasteiger partial charge in [-0.05, 0) is 63.4 Å². The predicted molar refractivity (Wildman–Crippen MR) is 124 cm³/mol. The van der Waals surface area contributed by atoms with Crippen LogP contribution in [0.4, 0.5) is 0 Å². The van der Waals surface area contributed by atoms with Gasteiger partial charge in [-0.2, -0.15) is 5.10 Å². The van der Waals surface area contributed by atoms with E-state index in [0.717, 1.165) is 40.8 Å². The summed E-state index contributed by atoms with van der Waals surface area (Å²) in [7, 11) is 1.65. The van der Waals surface area contributed by atoms with Crippen LogP contribution >= 0.6 is 0 Å². The van der Waals surface area contributed by atoms with Crippen LogP contribution in [-0.2, 0) is 6.42 Å². The molecule has 166 valence electrons. The average Bonchev–Trinajstić information content (AvgIpc) is 3.09. The molecule has 1 saturated heterocycles. The van der Waals surface area contributed by atoms with Gasteiger partial charge in [0.05, 0.1) is 24.4 Å². The molecule has 1 unspecified atom stereocenters. The minimum atomic E-state index is -0.140. The van der Waals surface area contributed by atoms with Crippen molar-refractivity contribution >= 4 is 21.9 Å². The van der Waals surface area contributed by atoms with Crippen LogP contribution in [0.2, 0.25) is 0 Å². The number of H-pyrrole nitrogens is 1. The standard InChI is InChI=1S/C24H28N6O2/c1-13-7-18(8-14(2)26-13)30-23-22(15(3)29-30)24(31)28-21(27-23)10-16-9-17-11-19(32-4)5-6-20(17)25-12-16/h5-6,9,11-14,18,26H,7-8,10H2,1-4H3,(H,27,28,31)/t13-,14+,18?. The highest BCUT2D eigenvalue weighted by Crippen LogP contribution is 2.28. The first-order chi connectivity index (χ1) is 15.4. The normalized spacial score (nSPS) is 21.3. The monoisotopic (exact) mass is 432 g/mol. The molecule has 0 amide bonds. The van der Waals surface area contributed by atoms with E-state index in [1.807, 2.05) is 36.0 Å². The highest BCUT2D eigenvalue weighted by atomic mass is 16.5. The maximum atomic E-state index is 12.9. The second kappa shape index (κ2) is 8.02. The molecule has 3 aromatic heterocycles. The third kappa shape index (κ3) is 3.75. The van der Waals surface area contributed by atoms with Crippen molar-refractivity contribution in [3.8, 4) is 5.75 Å². The van der Waals surface area contributed by atoms with E-state index >= 15 is 0 Å². The first kappa shape index (κ1) is 20.6. The van der Waals surface area contributed by atoms with Crippen molar-refractivity contribution in [2.45, 2.75) is 58.2 Å². The number of hydrogen-bond acceptors (Lipinski definition) is 6. The SMILES string of the molecule is COc1ccc2ncc(Cc3nc4c(c(C)nn4C4C[C@@H](C)N[C@@H](C)C4)c(=O)[nH]3)cc2c1. The molecule has 1 aromatic carbocycles. The Morgan fingerprint density at radius 3 is 2.72 bits per heavy atom. The number of aromatic nitrogens is 5. The van der Waals surface area contributed by atoms with Crippen molar-refractivity contribution in [3.05, 3.63) is 57.9 Å². The Morgan fingerprint density at radius 1 is 1.19 bits per heavy atom. The van der Waals surface area contributed by atoms with E-state index in [9.17, 15) is 4.79 Å². The molecule has 1 fully saturated rings. The maximum absolute atomic E-state index is 12.9. The molecule has 5 rings (SSSR count). The van der Waals surface area contributed by atoms with Crippen LogP contribution in [0.5, 0.6) is 5.75 Å². The molecule has 4 aromatic rings. The fourth-order valence-corrected chi connectivity index (χ4v) is 4.90. The summed E-state index contributed by atoms with van der Waals surface area (Å²) in [6, 6.07) is 8.86. The molecular formula is C24H28N6O2. The highest BCUT2D eigenvalue weighted by Gasteiger charge is 2.28. The number of nitrogens with one attached hydrogen (secondary N) is 2. The Balaban J connectivity index is 1.54. The Kier molecular flexibility index (Phi) is 5.17. The zero-order chi connectivity index (χ0) is 22.4. The maximum Gasteiger partial charge on any atom is 0.262 e. The Labute approximate surface area is 186 Å². The summed E-state index contributed by atoms with van der Waals surface area (Å²) in [6.07, 6.45) is 4.23. The van der Waals surface area contributed by atoms with Crippen LogP contribution in [-0.4, -0.2) is 43.9 Å². The van der Waals surface area contributed by atoms with Gasteiger partial charge in [0.1, 0.15) is 17.0 Å². The lowest BCUT2D eigenvalue weighted by Gasteiger charge is -2.33. The number of benzene rings is 1. The summed E-state index contributed by atoms with van der Waals surface area (Å²) in [5, 5.41) is 9.87. The molecule has 32 heavy (non-hydrogen) atoms. The number of nitrogens with zero attached hydrogens (tertiary/aromatic N) is 4. The second-order valence-corrected chi connectivity index (χ2v) is 8.91. The molecule has 2 N–H and O–H groups in total. The molecule has 1 aliphatic heterocycles. The van der Waals surface area contributed by atoms with E-state index < -0.39 is 0 Å². The lowest BCUT2D eigenvalue weighted by Crippen LogP contribution is -2.43. The number of fused-ring (bicyclic) bond motifs is 2. The van der Waals surface area contributed by atoms with Crippen molar-refractivity contribution in [2.24, 2.45) is 0 Å². The Morgan fingerprint density at radius 2 is 1.97 bits per heavy atom. The summed E-state index contributed by atoms with van der Waals surface area (Å²) < 4.78 is 7.30. The van der Waals surface area contributed by atoms with Crippen molar-refractivity contribution in [1.82, 2.24) is 30.0 Å². The summed E-state index contributed by atoms with van der Waals surface area (Å²) in [5.74, 6) is 1.40. The molecule has 8 nitrogen and oxygen atoms in total. The molecule has 4 heterocycles. The number of piperidine rings is 1. The number of methoxy groups -OCH3 is 1. The van der Waals surface area contributed by atoms with Crippen molar-refractivity contribution in [2.75, 3.05) is 7.11 Å². The third-order valence-corrected chi connectivity index (χ3v) is 6.27. The largest absolute Gasteiger partial charge is 0.497 e. The van der Waals surface area contributed by atoms with Crippen molar-refractivity contribution < 1.29 is 4.74 Å². The second-order valence-electron chi connectivity index (χ2n) is 8.91. The molecule has 3 atom stereocenters. The van der Waals surface area contributed by atoms with E-state index in [1.54, 1.807) is 7.11 Å².